The number of esters is 1. The van der Waals surface area contributed by atoms with Gasteiger partial charge in [0.05, 0.1) is 0 Å². The molecule has 2 aromatic rings. The van der Waals surface area contributed by atoms with Crippen molar-refractivity contribution in [2.45, 2.75) is 32.3 Å². The quantitative estimate of drug-likeness (QED) is 0.741. The molecule has 0 radical (unpaired) electrons. The molecule has 0 spiro atoms. The van der Waals surface area contributed by atoms with Crippen LogP contribution in [-0.4, -0.2) is 37.7 Å². The summed E-state index contributed by atoms with van der Waals surface area (Å²) in [6, 6.07) is 16.7. The van der Waals surface area contributed by atoms with E-state index in [-0.39, 0.29) is 12.5 Å². The van der Waals surface area contributed by atoms with Crippen LogP contribution in [0.3, 0.4) is 0 Å². The number of nitrogens with one attached hydrogen (secondary N) is 1. The molecule has 3 rings (SSSR count). The summed E-state index contributed by atoms with van der Waals surface area (Å²) in [4.78, 5) is 26.5. The van der Waals surface area contributed by atoms with Crippen molar-refractivity contribution < 1.29 is 19.1 Å². The van der Waals surface area contributed by atoms with Crippen LogP contribution in [0.2, 0.25) is 0 Å². The minimum Gasteiger partial charge on any atom is -0.482 e. The zero-order chi connectivity index (χ0) is 19.8. The molecular weight excluding hydrogens is 356 g/mol. The number of anilines is 2. The Hall–Kier alpha value is -3.02. The van der Waals surface area contributed by atoms with E-state index in [0.29, 0.717) is 11.4 Å². The fourth-order valence-electron chi connectivity index (χ4n) is 3.10. The van der Waals surface area contributed by atoms with Crippen molar-refractivity contribution in [2.24, 2.45) is 0 Å². The third-order valence-electron chi connectivity index (χ3n) is 4.63. The van der Waals surface area contributed by atoms with Crippen LogP contribution in [0.25, 0.3) is 0 Å². The summed E-state index contributed by atoms with van der Waals surface area (Å²) in [6.45, 7) is 3.44. The minimum atomic E-state index is -0.909. The topological polar surface area (TPSA) is 67.9 Å². The lowest BCUT2D eigenvalue weighted by Crippen LogP contribution is -2.31. The fourth-order valence-corrected chi connectivity index (χ4v) is 3.10. The number of ether oxygens (including phenoxy) is 2. The zero-order valence-electron chi connectivity index (χ0n) is 16.1. The highest BCUT2D eigenvalue weighted by molar-refractivity contribution is 5.95. The third kappa shape index (κ3) is 5.74. The van der Waals surface area contributed by atoms with E-state index in [1.165, 1.54) is 26.2 Å². The molecule has 0 unspecified atom stereocenters. The second kappa shape index (κ2) is 9.78. The molecule has 1 amide bonds. The van der Waals surface area contributed by atoms with Crippen LogP contribution < -0.4 is 15.0 Å². The van der Waals surface area contributed by atoms with E-state index in [0.717, 1.165) is 18.8 Å². The summed E-state index contributed by atoms with van der Waals surface area (Å²) >= 11 is 0. The lowest BCUT2D eigenvalue weighted by molar-refractivity contribution is -0.155. The lowest BCUT2D eigenvalue weighted by Gasteiger charge is -2.28. The van der Waals surface area contributed by atoms with Gasteiger partial charge in [-0.3, -0.25) is 4.79 Å². The lowest BCUT2D eigenvalue weighted by atomic mass is 10.1. The number of hydrogen-bond donors (Lipinski definition) is 1. The van der Waals surface area contributed by atoms with Crippen LogP contribution in [-0.2, 0) is 14.3 Å². The van der Waals surface area contributed by atoms with E-state index >= 15 is 0 Å². The first-order valence-electron chi connectivity index (χ1n) is 9.65. The molecular formula is C22H26N2O4. The molecule has 0 bridgehead atoms. The van der Waals surface area contributed by atoms with Crippen LogP contribution in [0.15, 0.2) is 54.6 Å². The maximum absolute atomic E-state index is 12.3. The van der Waals surface area contributed by atoms with Gasteiger partial charge in [0.1, 0.15) is 5.75 Å². The van der Waals surface area contributed by atoms with Crippen LogP contribution in [0.4, 0.5) is 11.4 Å². The van der Waals surface area contributed by atoms with Gasteiger partial charge in [-0.15, -0.1) is 0 Å². The number of benzene rings is 2. The first-order chi connectivity index (χ1) is 13.6. The second-order valence-electron chi connectivity index (χ2n) is 6.82. The van der Waals surface area contributed by atoms with Crippen molar-refractivity contribution in [3.63, 3.8) is 0 Å². The smallest absolute Gasteiger partial charge is 0.344 e. The molecule has 1 atom stereocenters. The average Bonchev–Trinajstić information content (AvgIpc) is 2.74. The highest BCUT2D eigenvalue weighted by atomic mass is 16.6. The molecule has 0 aromatic heterocycles. The SMILES string of the molecule is C[C@H](OC(=O)COc1ccccc1)C(=O)Nc1ccc(N2CCCCC2)cc1. The highest BCUT2D eigenvalue weighted by Crippen LogP contribution is 2.22. The Balaban J connectivity index is 1.44. The van der Waals surface area contributed by atoms with E-state index in [2.05, 4.69) is 10.2 Å². The van der Waals surface area contributed by atoms with Crippen molar-refractivity contribution >= 4 is 23.3 Å². The monoisotopic (exact) mass is 382 g/mol. The molecule has 0 saturated carbocycles. The molecule has 1 fully saturated rings. The Kier molecular flexibility index (Phi) is 6.89. The molecule has 1 aliphatic rings. The van der Waals surface area contributed by atoms with Crippen LogP contribution in [0, 0.1) is 0 Å². The van der Waals surface area contributed by atoms with Gasteiger partial charge >= 0.3 is 5.97 Å². The number of para-hydroxylation sites is 1. The molecule has 1 heterocycles. The molecule has 1 saturated heterocycles. The summed E-state index contributed by atoms with van der Waals surface area (Å²) in [5.74, 6) is -0.393. The Bertz CT molecular complexity index is 771. The van der Waals surface area contributed by atoms with Gasteiger partial charge in [0.2, 0.25) is 0 Å². The standard InChI is InChI=1S/C22H26N2O4/c1-17(28-21(25)16-27-20-8-4-2-5-9-20)22(26)23-18-10-12-19(13-11-18)24-14-6-3-7-15-24/h2,4-5,8-13,17H,3,6-7,14-16H2,1H3,(H,23,26)/t17-/m0/s1. The fraction of sp³-hybridized carbons (Fsp3) is 0.364. The van der Waals surface area contributed by atoms with Gasteiger partial charge in [0, 0.05) is 24.5 Å². The van der Waals surface area contributed by atoms with Gasteiger partial charge in [0.15, 0.2) is 12.7 Å². The summed E-state index contributed by atoms with van der Waals surface area (Å²) in [7, 11) is 0. The largest absolute Gasteiger partial charge is 0.482 e. The predicted octanol–water partition coefficient (Wildman–Crippen LogP) is 3.63. The number of hydrogen-bond acceptors (Lipinski definition) is 5. The Morgan fingerprint density at radius 2 is 1.68 bits per heavy atom. The van der Waals surface area contributed by atoms with Crippen molar-refractivity contribution in [1.82, 2.24) is 0 Å². The number of nitrogens with zero attached hydrogens (tertiary/aromatic N) is 1. The van der Waals surface area contributed by atoms with Gasteiger partial charge in [-0.1, -0.05) is 18.2 Å². The molecule has 28 heavy (non-hydrogen) atoms. The van der Waals surface area contributed by atoms with Crippen LogP contribution in [0.5, 0.6) is 5.75 Å². The van der Waals surface area contributed by atoms with E-state index < -0.39 is 12.1 Å². The van der Waals surface area contributed by atoms with Gasteiger partial charge in [-0.2, -0.15) is 0 Å². The van der Waals surface area contributed by atoms with Crippen LogP contribution >= 0.6 is 0 Å². The van der Waals surface area contributed by atoms with Crippen molar-refractivity contribution in [1.29, 1.82) is 0 Å². The highest BCUT2D eigenvalue weighted by Gasteiger charge is 2.18. The molecule has 6 nitrogen and oxygen atoms in total. The summed E-state index contributed by atoms with van der Waals surface area (Å²) in [6.07, 6.45) is 2.82. The van der Waals surface area contributed by atoms with E-state index in [1.807, 2.05) is 42.5 Å². The normalized spacial score (nSPS) is 14.8. The van der Waals surface area contributed by atoms with Gasteiger partial charge in [-0.05, 0) is 62.6 Å². The van der Waals surface area contributed by atoms with Crippen molar-refractivity contribution in [3.8, 4) is 5.75 Å². The number of carbonyl (C=O) groups excluding carboxylic acids is 2. The number of carbonyl (C=O) groups is 2. The third-order valence-corrected chi connectivity index (χ3v) is 4.63. The molecule has 6 heteroatoms. The maximum atomic E-state index is 12.3. The first kappa shape index (κ1) is 19.7. The Morgan fingerprint density at radius 3 is 2.36 bits per heavy atom. The van der Waals surface area contributed by atoms with Crippen molar-refractivity contribution in [2.75, 3.05) is 29.9 Å². The number of rotatable bonds is 7. The number of piperidine rings is 1. The zero-order valence-corrected chi connectivity index (χ0v) is 16.1. The molecule has 0 aliphatic carbocycles. The first-order valence-corrected chi connectivity index (χ1v) is 9.65. The molecule has 148 valence electrons. The average molecular weight is 382 g/mol. The molecule has 1 N–H and O–H groups in total. The second-order valence-corrected chi connectivity index (χ2v) is 6.82. The van der Waals surface area contributed by atoms with E-state index in [1.54, 1.807) is 12.1 Å². The van der Waals surface area contributed by atoms with Crippen molar-refractivity contribution in [3.05, 3.63) is 54.6 Å². The molecule has 1 aliphatic heterocycles. The van der Waals surface area contributed by atoms with Gasteiger partial charge in [0.25, 0.3) is 5.91 Å². The van der Waals surface area contributed by atoms with E-state index in [4.69, 9.17) is 9.47 Å². The summed E-state index contributed by atoms with van der Waals surface area (Å²) in [5.41, 5.74) is 1.84. The summed E-state index contributed by atoms with van der Waals surface area (Å²) in [5, 5.41) is 2.78. The predicted molar refractivity (Wildman–Crippen MR) is 109 cm³/mol. The van der Waals surface area contributed by atoms with Gasteiger partial charge in [-0.25, -0.2) is 4.79 Å². The van der Waals surface area contributed by atoms with E-state index in [9.17, 15) is 9.59 Å². The van der Waals surface area contributed by atoms with Gasteiger partial charge < -0.3 is 19.7 Å². The Morgan fingerprint density at radius 1 is 1.00 bits per heavy atom. The Labute approximate surface area is 165 Å². The maximum Gasteiger partial charge on any atom is 0.344 e. The number of amides is 1. The minimum absolute atomic E-state index is 0.244. The molecule has 2 aromatic carbocycles. The van der Waals surface area contributed by atoms with Crippen LogP contribution in [0.1, 0.15) is 26.2 Å². The summed E-state index contributed by atoms with van der Waals surface area (Å²) < 4.78 is 10.5.